The first kappa shape index (κ1) is 19.8. The molecule has 5 nitrogen and oxygen atoms in total. The van der Waals surface area contributed by atoms with E-state index < -0.39 is 12.1 Å². The van der Waals surface area contributed by atoms with Crippen molar-refractivity contribution in [2.24, 2.45) is 11.8 Å². The Balaban J connectivity index is 2.51. The molecule has 1 rings (SSSR count). The molecule has 1 saturated carbocycles. The van der Waals surface area contributed by atoms with Gasteiger partial charge < -0.3 is 14.8 Å². The number of amides is 1. The number of carbonyl (C=O) groups excluding carboxylic acids is 2. The molecule has 0 bridgehead atoms. The second-order valence-corrected chi connectivity index (χ2v) is 6.86. The molecule has 0 radical (unpaired) electrons. The Morgan fingerprint density at radius 1 is 1.09 bits per heavy atom. The van der Waals surface area contributed by atoms with Crippen LogP contribution in [0.2, 0.25) is 0 Å². The van der Waals surface area contributed by atoms with Crippen molar-refractivity contribution in [1.29, 1.82) is 0 Å². The third-order valence-electron chi connectivity index (χ3n) is 4.26. The molecular formula is C18H33NO4. The summed E-state index contributed by atoms with van der Waals surface area (Å²) < 4.78 is 10.5. The SMILES string of the molecule is CCCOC(=O)NC(C(=O)OCCCC(C)C)C1CCCCC1. The molecule has 0 saturated heterocycles. The van der Waals surface area contributed by atoms with E-state index >= 15 is 0 Å². The number of nitrogens with one attached hydrogen (secondary N) is 1. The summed E-state index contributed by atoms with van der Waals surface area (Å²) in [7, 11) is 0. The van der Waals surface area contributed by atoms with Crippen molar-refractivity contribution in [3.63, 3.8) is 0 Å². The van der Waals surface area contributed by atoms with Crippen molar-refractivity contribution in [2.45, 2.75) is 78.2 Å². The normalized spacial score (nSPS) is 16.9. The molecule has 0 aromatic heterocycles. The molecule has 1 aliphatic rings. The molecule has 0 spiro atoms. The number of hydrogen-bond acceptors (Lipinski definition) is 4. The van der Waals surface area contributed by atoms with Gasteiger partial charge in [0.05, 0.1) is 13.2 Å². The molecule has 1 amide bonds. The number of rotatable bonds is 9. The molecule has 0 heterocycles. The smallest absolute Gasteiger partial charge is 0.407 e. The van der Waals surface area contributed by atoms with Gasteiger partial charge in [-0.25, -0.2) is 9.59 Å². The first-order valence-corrected chi connectivity index (χ1v) is 9.14. The Hall–Kier alpha value is -1.26. The summed E-state index contributed by atoms with van der Waals surface area (Å²) in [5, 5.41) is 2.74. The summed E-state index contributed by atoms with van der Waals surface area (Å²) in [6, 6.07) is -0.571. The summed E-state index contributed by atoms with van der Waals surface area (Å²) in [5.74, 6) is 0.453. The van der Waals surface area contributed by atoms with Crippen molar-refractivity contribution in [1.82, 2.24) is 5.32 Å². The maximum absolute atomic E-state index is 12.4. The third-order valence-corrected chi connectivity index (χ3v) is 4.26. The maximum Gasteiger partial charge on any atom is 0.407 e. The molecule has 23 heavy (non-hydrogen) atoms. The first-order valence-electron chi connectivity index (χ1n) is 9.14. The molecule has 134 valence electrons. The van der Waals surface area contributed by atoms with Crippen LogP contribution in [0, 0.1) is 11.8 Å². The van der Waals surface area contributed by atoms with E-state index in [9.17, 15) is 9.59 Å². The van der Waals surface area contributed by atoms with E-state index in [4.69, 9.17) is 9.47 Å². The molecule has 1 unspecified atom stereocenters. The van der Waals surface area contributed by atoms with Gasteiger partial charge in [-0.05, 0) is 43.9 Å². The zero-order valence-corrected chi connectivity index (χ0v) is 14.9. The lowest BCUT2D eigenvalue weighted by Crippen LogP contribution is -2.47. The van der Waals surface area contributed by atoms with Gasteiger partial charge in [-0.15, -0.1) is 0 Å². The van der Waals surface area contributed by atoms with Crippen LogP contribution in [0.15, 0.2) is 0 Å². The molecule has 1 N–H and O–H groups in total. The minimum atomic E-state index is -0.571. The van der Waals surface area contributed by atoms with Crippen LogP contribution in [0.1, 0.15) is 72.1 Å². The summed E-state index contributed by atoms with van der Waals surface area (Å²) in [6.45, 7) is 7.03. The predicted octanol–water partition coefficient (Wildman–Crippen LogP) is 4.05. The molecule has 0 aliphatic heterocycles. The second kappa shape index (κ2) is 11.3. The van der Waals surface area contributed by atoms with E-state index in [0.29, 0.717) is 19.1 Å². The van der Waals surface area contributed by atoms with Crippen molar-refractivity contribution >= 4 is 12.1 Å². The van der Waals surface area contributed by atoms with E-state index in [1.165, 1.54) is 6.42 Å². The van der Waals surface area contributed by atoms with E-state index in [1.807, 2.05) is 6.92 Å². The Kier molecular flexibility index (Phi) is 9.72. The van der Waals surface area contributed by atoms with Crippen LogP contribution >= 0.6 is 0 Å². The minimum absolute atomic E-state index is 0.163. The van der Waals surface area contributed by atoms with Gasteiger partial charge >= 0.3 is 12.1 Å². The van der Waals surface area contributed by atoms with Crippen LogP contribution in [0.3, 0.4) is 0 Å². The lowest BCUT2D eigenvalue weighted by Gasteiger charge is -2.29. The number of hydrogen-bond donors (Lipinski definition) is 1. The van der Waals surface area contributed by atoms with Crippen LogP contribution in [-0.4, -0.2) is 31.3 Å². The lowest BCUT2D eigenvalue weighted by atomic mass is 9.84. The molecule has 1 aliphatic carbocycles. The maximum atomic E-state index is 12.4. The van der Waals surface area contributed by atoms with Gasteiger partial charge in [0, 0.05) is 0 Å². The van der Waals surface area contributed by atoms with Crippen LogP contribution in [0.4, 0.5) is 4.79 Å². The molecule has 1 atom stereocenters. The molecule has 0 aromatic carbocycles. The molecule has 0 aromatic rings. The zero-order valence-electron chi connectivity index (χ0n) is 14.9. The van der Waals surface area contributed by atoms with Gasteiger partial charge in [0.25, 0.3) is 0 Å². The quantitative estimate of drug-likeness (QED) is 0.512. The predicted molar refractivity (Wildman–Crippen MR) is 90.2 cm³/mol. The molecule has 1 fully saturated rings. The summed E-state index contributed by atoms with van der Waals surface area (Å²) >= 11 is 0. The largest absolute Gasteiger partial charge is 0.464 e. The van der Waals surface area contributed by atoms with Crippen LogP contribution in [0.25, 0.3) is 0 Å². The average molecular weight is 327 g/mol. The number of esters is 1. The van der Waals surface area contributed by atoms with Crippen molar-refractivity contribution < 1.29 is 19.1 Å². The van der Waals surface area contributed by atoms with Gasteiger partial charge in [-0.1, -0.05) is 40.0 Å². The summed E-state index contributed by atoms with van der Waals surface area (Å²) in [4.78, 5) is 24.2. The number of carbonyl (C=O) groups is 2. The molecular weight excluding hydrogens is 294 g/mol. The van der Waals surface area contributed by atoms with Gasteiger partial charge in [-0.3, -0.25) is 0 Å². The Labute approximate surface area is 140 Å². The van der Waals surface area contributed by atoms with Crippen LogP contribution < -0.4 is 5.32 Å². The van der Waals surface area contributed by atoms with Gasteiger partial charge in [0.2, 0.25) is 0 Å². The third kappa shape index (κ3) is 8.24. The second-order valence-electron chi connectivity index (χ2n) is 6.86. The van der Waals surface area contributed by atoms with Gasteiger partial charge in [0.1, 0.15) is 6.04 Å². The standard InChI is InChI=1S/C18H33NO4/c1-4-12-23-18(21)19-16(15-10-6-5-7-11-15)17(20)22-13-8-9-14(2)3/h14-16H,4-13H2,1-3H3,(H,19,21). The average Bonchev–Trinajstić information content (AvgIpc) is 2.55. The van der Waals surface area contributed by atoms with Crippen LogP contribution in [0.5, 0.6) is 0 Å². The van der Waals surface area contributed by atoms with E-state index in [-0.39, 0.29) is 11.9 Å². The van der Waals surface area contributed by atoms with Gasteiger partial charge in [-0.2, -0.15) is 0 Å². The highest BCUT2D eigenvalue weighted by atomic mass is 16.6. The highest BCUT2D eigenvalue weighted by Crippen LogP contribution is 2.27. The van der Waals surface area contributed by atoms with Gasteiger partial charge in [0.15, 0.2) is 0 Å². The Morgan fingerprint density at radius 2 is 1.78 bits per heavy atom. The first-order chi connectivity index (χ1) is 11.0. The van der Waals surface area contributed by atoms with E-state index in [0.717, 1.165) is 44.9 Å². The number of ether oxygens (including phenoxy) is 2. The summed E-state index contributed by atoms with van der Waals surface area (Å²) in [5.41, 5.74) is 0. The number of alkyl carbamates (subject to hydrolysis) is 1. The van der Waals surface area contributed by atoms with Crippen molar-refractivity contribution in [3.05, 3.63) is 0 Å². The highest BCUT2D eigenvalue weighted by Gasteiger charge is 2.32. The topological polar surface area (TPSA) is 64.6 Å². The fourth-order valence-corrected chi connectivity index (χ4v) is 2.95. The fraction of sp³-hybridized carbons (Fsp3) is 0.889. The minimum Gasteiger partial charge on any atom is -0.464 e. The zero-order chi connectivity index (χ0) is 17.1. The Morgan fingerprint density at radius 3 is 2.39 bits per heavy atom. The molecule has 5 heteroatoms. The van der Waals surface area contributed by atoms with E-state index in [1.54, 1.807) is 0 Å². The Bertz CT molecular complexity index is 351. The van der Waals surface area contributed by atoms with Crippen molar-refractivity contribution in [2.75, 3.05) is 13.2 Å². The van der Waals surface area contributed by atoms with Crippen LogP contribution in [-0.2, 0) is 14.3 Å². The highest BCUT2D eigenvalue weighted by molar-refractivity contribution is 5.81. The van der Waals surface area contributed by atoms with Crippen molar-refractivity contribution in [3.8, 4) is 0 Å². The summed E-state index contributed by atoms with van der Waals surface area (Å²) in [6.07, 6.45) is 7.48. The monoisotopic (exact) mass is 327 g/mol. The fourth-order valence-electron chi connectivity index (χ4n) is 2.95. The lowest BCUT2D eigenvalue weighted by molar-refractivity contribution is -0.148. The van der Waals surface area contributed by atoms with E-state index in [2.05, 4.69) is 19.2 Å².